The second-order valence-corrected chi connectivity index (χ2v) is 9.57. The van der Waals surface area contributed by atoms with Crippen molar-refractivity contribution >= 4 is 27.9 Å². The molecule has 0 aromatic heterocycles. The summed E-state index contributed by atoms with van der Waals surface area (Å²) in [6.07, 6.45) is -1.09. The van der Waals surface area contributed by atoms with Crippen LogP contribution in [0.4, 0.5) is 13.6 Å². The summed E-state index contributed by atoms with van der Waals surface area (Å²) in [5.41, 5.74) is 6.55. The first-order valence-corrected chi connectivity index (χ1v) is 11.3. The molecule has 0 heterocycles. The van der Waals surface area contributed by atoms with E-state index in [0.29, 0.717) is 17.6 Å². The number of halogens is 3. The maximum atomic E-state index is 14.3. The molecule has 2 N–H and O–H groups in total. The van der Waals surface area contributed by atoms with Crippen LogP contribution in [0.5, 0.6) is 0 Å². The maximum absolute atomic E-state index is 14.3. The van der Waals surface area contributed by atoms with Crippen molar-refractivity contribution in [2.75, 3.05) is 6.54 Å². The Labute approximate surface area is 196 Å². The maximum Gasteiger partial charge on any atom is 0.336 e. The number of benzene rings is 2. The lowest BCUT2D eigenvalue weighted by atomic mass is 9.87. The van der Waals surface area contributed by atoms with Gasteiger partial charge in [0.2, 0.25) is 5.91 Å². The Morgan fingerprint density at radius 2 is 1.66 bits per heavy atom. The number of amides is 3. The summed E-state index contributed by atoms with van der Waals surface area (Å²) < 4.78 is 29.2. The van der Waals surface area contributed by atoms with Gasteiger partial charge in [-0.05, 0) is 35.6 Å². The van der Waals surface area contributed by atoms with Gasteiger partial charge in [0, 0.05) is 36.0 Å². The highest BCUT2D eigenvalue weighted by molar-refractivity contribution is 9.10. The van der Waals surface area contributed by atoms with Gasteiger partial charge in [0.05, 0.1) is 0 Å². The van der Waals surface area contributed by atoms with Gasteiger partial charge < -0.3 is 4.90 Å². The van der Waals surface area contributed by atoms with E-state index in [9.17, 15) is 18.4 Å². The van der Waals surface area contributed by atoms with Crippen molar-refractivity contribution < 1.29 is 18.4 Å². The molecule has 2 rings (SSSR count). The van der Waals surface area contributed by atoms with Crippen molar-refractivity contribution in [3.05, 3.63) is 69.7 Å². The summed E-state index contributed by atoms with van der Waals surface area (Å²) in [6.45, 7) is 9.00. The molecule has 0 unspecified atom stereocenters. The number of carbonyl (C=O) groups is 2. The first kappa shape index (κ1) is 25.8. The van der Waals surface area contributed by atoms with Gasteiger partial charge in [-0.15, -0.1) is 0 Å². The number of urea groups is 1. The fourth-order valence-corrected chi connectivity index (χ4v) is 3.45. The number of hydrogen-bond acceptors (Lipinski definition) is 2. The first-order chi connectivity index (χ1) is 14.9. The fraction of sp³-hybridized carbons (Fsp3) is 0.417. The third kappa shape index (κ3) is 7.58. The van der Waals surface area contributed by atoms with E-state index in [4.69, 9.17) is 0 Å². The zero-order valence-electron chi connectivity index (χ0n) is 18.8. The molecule has 174 valence electrons. The number of nitrogens with zero attached hydrogens (tertiary/aromatic N) is 1. The lowest BCUT2D eigenvalue weighted by Gasteiger charge is -2.23. The Bertz CT molecular complexity index is 928. The minimum absolute atomic E-state index is 0.0401. The molecule has 8 heteroatoms. The van der Waals surface area contributed by atoms with Crippen LogP contribution in [-0.4, -0.2) is 23.4 Å². The van der Waals surface area contributed by atoms with Crippen LogP contribution in [0, 0.1) is 0 Å². The van der Waals surface area contributed by atoms with Gasteiger partial charge in [-0.1, -0.05) is 73.1 Å². The molecule has 0 aliphatic carbocycles. The van der Waals surface area contributed by atoms with E-state index in [1.807, 2.05) is 31.2 Å². The molecule has 0 saturated carbocycles. The van der Waals surface area contributed by atoms with E-state index in [0.717, 1.165) is 5.56 Å². The van der Waals surface area contributed by atoms with Gasteiger partial charge in [-0.3, -0.25) is 10.2 Å². The summed E-state index contributed by atoms with van der Waals surface area (Å²) in [4.78, 5) is 25.9. The first-order valence-electron chi connectivity index (χ1n) is 10.5. The smallest absolute Gasteiger partial charge is 0.319 e. The third-order valence-corrected chi connectivity index (χ3v) is 5.58. The van der Waals surface area contributed by atoms with Crippen LogP contribution in [0.15, 0.2) is 53.0 Å². The largest absolute Gasteiger partial charge is 0.336 e. The highest BCUT2D eigenvalue weighted by Gasteiger charge is 2.32. The van der Waals surface area contributed by atoms with E-state index < -0.39 is 30.7 Å². The second-order valence-electron chi connectivity index (χ2n) is 8.65. The molecule has 0 spiro atoms. The summed E-state index contributed by atoms with van der Waals surface area (Å²) in [6, 6.07) is 13.3. The highest BCUT2D eigenvalue weighted by Crippen LogP contribution is 2.34. The molecular weight excluding hydrogens is 480 g/mol. The Kier molecular flexibility index (Phi) is 8.78. The summed E-state index contributed by atoms with van der Waals surface area (Å²) in [5, 5.41) is 0. The van der Waals surface area contributed by atoms with Crippen molar-refractivity contribution in [2.24, 2.45) is 0 Å². The number of hydrogen-bond donors (Lipinski definition) is 2. The van der Waals surface area contributed by atoms with Gasteiger partial charge in [0.25, 0.3) is 5.92 Å². The van der Waals surface area contributed by atoms with E-state index in [1.165, 1.54) is 28.7 Å². The zero-order chi connectivity index (χ0) is 23.9. The van der Waals surface area contributed by atoms with Crippen LogP contribution in [0.1, 0.15) is 57.2 Å². The second kappa shape index (κ2) is 10.9. The minimum atomic E-state index is -3.15. The Morgan fingerprint density at radius 1 is 1.00 bits per heavy atom. The molecule has 0 radical (unpaired) electrons. The Balaban J connectivity index is 1.85. The molecule has 0 bridgehead atoms. The van der Waals surface area contributed by atoms with E-state index in [-0.39, 0.29) is 11.0 Å². The van der Waals surface area contributed by atoms with Crippen LogP contribution < -0.4 is 10.9 Å². The standard InChI is InChI=1S/C24H30BrF2N3O2/c1-5-30(16-17-9-11-18(12-10-17)23(2,3)4)22(32)29-28-21(31)13-14-24(26,27)19-7-6-8-20(25)15-19/h6-12,15H,5,13-14,16H2,1-4H3,(H,28,31)(H,29,32). The highest BCUT2D eigenvalue weighted by atomic mass is 79.9. The van der Waals surface area contributed by atoms with Crippen LogP contribution in [0.3, 0.4) is 0 Å². The van der Waals surface area contributed by atoms with Gasteiger partial charge in [0.1, 0.15) is 0 Å². The molecule has 5 nitrogen and oxygen atoms in total. The predicted octanol–water partition coefficient (Wildman–Crippen LogP) is 5.88. The van der Waals surface area contributed by atoms with Gasteiger partial charge in [-0.25, -0.2) is 19.0 Å². The van der Waals surface area contributed by atoms with Gasteiger partial charge in [-0.2, -0.15) is 0 Å². The van der Waals surface area contributed by atoms with E-state index >= 15 is 0 Å². The molecule has 32 heavy (non-hydrogen) atoms. The predicted molar refractivity (Wildman–Crippen MR) is 125 cm³/mol. The molecule has 2 aromatic carbocycles. The minimum Gasteiger partial charge on any atom is -0.319 e. The summed E-state index contributed by atoms with van der Waals surface area (Å²) >= 11 is 3.17. The quantitative estimate of drug-likeness (QED) is 0.457. The van der Waals surface area contributed by atoms with Crippen LogP contribution >= 0.6 is 15.9 Å². The monoisotopic (exact) mass is 509 g/mol. The van der Waals surface area contributed by atoms with Crippen LogP contribution in [0.2, 0.25) is 0 Å². The third-order valence-electron chi connectivity index (χ3n) is 5.08. The van der Waals surface area contributed by atoms with Gasteiger partial charge in [0.15, 0.2) is 0 Å². The average Bonchev–Trinajstić information content (AvgIpc) is 2.74. The van der Waals surface area contributed by atoms with E-state index in [2.05, 4.69) is 47.6 Å². The lowest BCUT2D eigenvalue weighted by molar-refractivity contribution is -0.124. The number of alkyl halides is 2. The molecule has 0 saturated heterocycles. The van der Waals surface area contributed by atoms with Crippen molar-refractivity contribution in [3.63, 3.8) is 0 Å². The molecular formula is C24H30BrF2N3O2. The zero-order valence-corrected chi connectivity index (χ0v) is 20.4. The Morgan fingerprint density at radius 3 is 2.22 bits per heavy atom. The molecule has 0 aliphatic rings. The fourth-order valence-electron chi connectivity index (χ4n) is 3.05. The summed E-state index contributed by atoms with van der Waals surface area (Å²) in [7, 11) is 0. The van der Waals surface area contributed by atoms with Crippen LogP contribution in [-0.2, 0) is 22.7 Å². The average molecular weight is 510 g/mol. The molecule has 2 aromatic rings. The molecule has 0 aliphatic heterocycles. The van der Waals surface area contributed by atoms with Crippen molar-refractivity contribution in [2.45, 2.75) is 58.4 Å². The molecule has 0 fully saturated rings. The molecule has 0 atom stereocenters. The van der Waals surface area contributed by atoms with E-state index in [1.54, 1.807) is 6.07 Å². The SMILES string of the molecule is CCN(Cc1ccc(C(C)(C)C)cc1)C(=O)NNC(=O)CCC(F)(F)c1cccc(Br)c1. The van der Waals surface area contributed by atoms with Gasteiger partial charge >= 0.3 is 6.03 Å². The number of hydrazine groups is 1. The van der Waals surface area contributed by atoms with Crippen LogP contribution in [0.25, 0.3) is 0 Å². The normalized spacial score (nSPS) is 11.7. The number of nitrogens with one attached hydrogen (secondary N) is 2. The molecule has 3 amide bonds. The van der Waals surface area contributed by atoms with Crippen molar-refractivity contribution in [1.29, 1.82) is 0 Å². The number of rotatable bonds is 7. The Hall–Kier alpha value is -2.48. The van der Waals surface area contributed by atoms with Crippen molar-refractivity contribution in [1.82, 2.24) is 15.8 Å². The number of carbonyl (C=O) groups excluding carboxylic acids is 2. The van der Waals surface area contributed by atoms with Crippen molar-refractivity contribution in [3.8, 4) is 0 Å². The summed E-state index contributed by atoms with van der Waals surface area (Å²) in [5.74, 6) is -3.83. The lowest BCUT2D eigenvalue weighted by Crippen LogP contribution is -2.48. The topological polar surface area (TPSA) is 61.4 Å².